The monoisotopic (exact) mass is 374 g/mol. The molecule has 1 heterocycles. The fourth-order valence-corrected chi connectivity index (χ4v) is 3.90. The van der Waals surface area contributed by atoms with Crippen molar-refractivity contribution in [2.75, 3.05) is 24.9 Å². The quantitative estimate of drug-likeness (QED) is 0.625. The lowest BCUT2D eigenvalue weighted by Gasteiger charge is -2.33. The summed E-state index contributed by atoms with van der Waals surface area (Å²) in [6.07, 6.45) is 0.889. The summed E-state index contributed by atoms with van der Waals surface area (Å²) in [5.41, 5.74) is 4.44. The molecule has 4 heteroatoms. The minimum Gasteiger partial charge on any atom is -0.497 e. The molecular weight excluding hydrogens is 348 g/mol. The van der Waals surface area contributed by atoms with Crippen molar-refractivity contribution in [2.24, 2.45) is 0 Å². The van der Waals surface area contributed by atoms with E-state index in [1.54, 1.807) is 14.2 Å². The van der Waals surface area contributed by atoms with Crippen molar-refractivity contribution >= 4 is 11.4 Å². The molecule has 0 amide bonds. The zero-order valence-corrected chi connectivity index (χ0v) is 16.5. The van der Waals surface area contributed by atoms with Crippen LogP contribution >= 0.6 is 0 Å². The van der Waals surface area contributed by atoms with Crippen molar-refractivity contribution < 1.29 is 9.47 Å². The Morgan fingerprint density at radius 1 is 0.786 bits per heavy atom. The molecule has 0 unspecified atom stereocenters. The summed E-state index contributed by atoms with van der Waals surface area (Å²) in [5.74, 6) is 1.74. The number of fused-ring (bicyclic) bond motifs is 1. The second kappa shape index (κ2) is 7.47. The van der Waals surface area contributed by atoms with Crippen LogP contribution in [0.4, 0.5) is 11.4 Å². The molecule has 0 saturated carbocycles. The summed E-state index contributed by atoms with van der Waals surface area (Å²) in [4.78, 5) is 0. The van der Waals surface area contributed by atoms with E-state index in [0.717, 1.165) is 29.3 Å². The minimum atomic E-state index is -0.240. The van der Waals surface area contributed by atoms with Gasteiger partial charge in [-0.2, -0.15) is 0 Å². The first-order chi connectivity index (χ1) is 13.6. The fraction of sp³-hybridized carbons (Fsp3) is 0.250. The van der Waals surface area contributed by atoms with Crippen LogP contribution in [-0.2, 0) is 5.54 Å². The molecule has 0 aromatic heterocycles. The summed E-state index contributed by atoms with van der Waals surface area (Å²) in [5, 5.41) is 7.52. The van der Waals surface area contributed by atoms with Crippen LogP contribution in [0.3, 0.4) is 0 Å². The van der Waals surface area contributed by atoms with Crippen LogP contribution in [0.2, 0.25) is 0 Å². The van der Waals surface area contributed by atoms with Gasteiger partial charge in [0, 0.05) is 0 Å². The van der Waals surface area contributed by atoms with Gasteiger partial charge in [0.2, 0.25) is 0 Å². The molecule has 1 aliphatic heterocycles. The molecule has 144 valence electrons. The zero-order valence-electron chi connectivity index (χ0n) is 16.5. The van der Waals surface area contributed by atoms with Crippen LogP contribution in [-0.4, -0.2) is 14.2 Å². The molecular formula is C24H26N2O2. The molecule has 0 fully saturated rings. The predicted molar refractivity (Wildman–Crippen MR) is 114 cm³/mol. The van der Waals surface area contributed by atoms with Crippen LogP contribution in [0.5, 0.6) is 11.5 Å². The molecule has 2 atom stereocenters. The highest BCUT2D eigenvalue weighted by Gasteiger charge is 2.34. The van der Waals surface area contributed by atoms with Crippen LogP contribution in [0.15, 0.2) is 72.8 Å². The highest BCUT2D eigenvalue weighted by molar-refractivity contribution is 5.71. The molecule has 3 aromatic rings. The first kappa shape index (κ1) is 18.2. The van der Waals surface area contributed by atoms with E-state index in [-0.39, 0.29) is 11.6 Å². The van der Waals surface area contributed by atoms with E-state index in [1.807, 2.05) is 24.3 Å². The van der Waals surface area contributed by atoms with E-state index >= 15 is 0 Å². The first-order valence-corrected chi connectivity index (χ1v) is 9.53. The maximum absolute atomic E-state index is 5.34. The standard InChI is InChI=1S/C24H26N2O2/c1-24(18-10-14-20(28-3)15-11-18)16-23(17-8-12-19(27-2)13-9-17)25-21-6-4-5-7-22(21)26-24/h4-15,23,25-26H,16H2,1-3H3/t23-,24-/m1/s1. The number of ether oxygens (including phenoxy) is 2. The van der Waals surface area contributed by atoms with Crippen molar-refractivity contribution in [1.82, 2.24) is 0 Å². The van der Waals surface area contributed by atoms with Gasteiger partial charge in [-0.3, -0.25) is 0 Å². The molecule has 3 aromatic carbocycles. The third-order valence-electron chi connectivity index (χ3n) is 5.53. The fourth-order valence-electron chi connectivity index (χ4n) is 3.90. The number of hydrogen-bond acceptors (Lipinski definition) is 4. The molecule has 2 N–H and O–H groups in total. The van der Waals surface area contributed by atoms with Gasteiger partial charge in [-0.05, 0) is 60.9 Å². The summed E-state index contributed by atoms with van der Waals surface area (Å²) < 4.78 is 10.7. The Hall–Kier alpha value is -3.14. The molecule has 0 spiro atoms. The number of nitrogens with one attached hydrogen (secondary N) is 2. The number of methoxy groups -OCH3 is 2. The summed E-state index contributed by atoms with van der Waals surface area (Å²) >= 11 is 0. The number of anilines is 2. The van der Waals surface area contributed by atoms with Gasteiger partial charge < -0.3 is 20.1 Å². The topological polar surface area (TPSA) is 42.5 Å². The van der Waals surface area contributed by atoms with Gasteiger partial charge in [0.15, 0.2) is 0 Å². The number of benzene rings is 3. The SMILES string of the molecule is COc1ccc([C@H]2C[C@](C)(c3ccc(OC)cc3)Nc3ccccc3N2)cc1. The van der Waals surface area contributed by atoms with Gasteiger partial charge in [-0.1, -0.05) is 36.4 Å². The minimum absolute atomic E-state index is 0.161. The average molecular weight is 374 g/mol. The Balaban J connectivity index is 1.75. The second-order valence-electron chi connectivity index (χ2n) is 7.41. The third-order valence-corrected chi connectivity index (χ3v) is 5.53. The van der Waals surface area contributed by atoms with Crippen LogP contribution in [0, 0.1) is 0 Å². The largest absolute Gasteiger partial charge is 0.497 e. The maximum atomic E-state index is 5.34. The van der Waals surface area contributed by atoms with Crippen molar-refractivity contribution in [3.63, 3.8) is 0 Å². The van der Waals surface area contributed by atoms with Crippen molar-refractivity contribution in [3.8, 4) is 11.5 Å². The molecule has 0 radical (unpaired) electrons. The van der Waals surface area contributed by atoms with Gasteiger partial charge in [-0.15, -0.1) is 0 Å². The van der Waals surface area contributed by atoms with Crippen LogP contribution in [0.25, 0.3) is 0 Å². The van der Waals surface area contributed by atoms with Gasteiger partial charge in [-0.25, -0.2) is 0 Å². The molecule has 1 aliphatic rings. The highest BCUT2D eigenvalue weighted by Crippen LogP contribution is 2.42. The van der Waals surface area contributed by atoms with E-state index in [0.29, 0.717) is 0 Å². The van der Waals surface area contributed by atoms with Crippen LogP contribution in [0.1, 0.15) is 30.5 Å². The van der Waals surface area contributed by atoms with Gasteiger partial charge in [0.1, 0.15) is 11.5 Å². The van der Waals surface area contributed by atoms with Crippen molar-refractivity contribution in [2.45, 2.75) is 24.9 Å². The molecule has 4 nitrogen and oxygen atoms in total. The summed E-state index contributed by atoms with van der Waals surface area (Å²) in [6.45, 7) is 2.26. The van der Waals surface area contributed by atoms with E-state index in [1.165, 1.54) is 11.1 Å². The number of para-hydroxylation sites is 2. The Morgan fingerprint density at radius 2 is 1.36 bits per heavy atom. The third kappa shape index (κ3) is 3.50. The van der Waals surface area contributed by atoms with Crippen molar-refractivity contribution in [3.05, 3.63) is 83.9 Å². The molecule has 0 bridgehead atoms. The lowest BCUT2D eigenvalue weighted by atomic mass is 9.83. The highest BCUT2D eigenvalue weighted by atomic mass is 16.5. The van der Waals surface area contributed by atoms with Gasteiger partial charge in [0.05, 0.1) is 37.2 Å². The Bertz CT molecular complexity index is 938. The second-order valence-corrected chi connectivity index (χ2v) is 7.41. The van der Waals surface area contributed by atoms with E-state index < -0.39 is 0 Å². The molecule has 0 aliphatic carbocycles. The summed E-state index contributed by atoms with van der Waals surface area (Å²) in [7, 11) is 3.39. The maximum Gasteiger partial charge on any atom is 0.118 e. The predicted octanol–water partition coefficient (Wildman–Crippen LogP) is 5.59. The average Bonchev–Trinajstić information content (AvgIpc) is 2.90. The van der Waals surface area contributed by atoms with Gasteiger partial charge in [0.25, 0.3) is 0 Å². The Labute approximate surface area is 166 Å². The molecule has 4 rings (SSSR count). The van der Waals surface area contributed by atoms with E-state index in [9.17, 15) is 0 Å². The lowest BCUT2D eigenvalue weighted by Crippen LogP contribution is -2.33. The Morgan fingerprint density at radius 3 is 1.96 bits per heavy atom. The molecule has 0 saturated heterocycles. The smallest absolute Gasteiger partial charge is 0.118 e. The number of rotatable bonds is 4. The Kier molecular flexibility index (Phi) is 4.86. The lowest BCUT2D eigenvalue weighted by molar-refractivity contribution is 0.412. The van der Waals surface area contributed by atoms with Crippen molar-refractivity contribution in [1.29, 1.82) is 0 Å². The molecule has 28 heavy (non-hydrogen) atoms. The first-order valence-electron chi connectivity index (χ1n) is 9.53. The van der Waals surface area contributed by atoms with Crippen LogP contribution < -0.4 is 20.1 Å². The summed E-state index contributed by atoms with van der Waals surface area (Å²) in [6, 6.07) is 25.2. The van der Waals surface area contributed by atoms with Gasteiger partial charge >= 0.3 is 0 Å². The van der Waals surface area contributed by atoms with E-state index in [2.05, 4.69) is 66.1 Å². The normalized spacial score (nSPS) is 20.9. The van der Waals surface area contributed by atoms with E-state index in [4.69, 9.17) is 9.47 Å². The zero-order chi connectivity index (χ0) is 19.6. The number of hydrogen-bond donors (Lipinski definition) is 2.